The van der Waals surface area contributed by atoms with E-state index in [4.69, 9.17) is 5.73 Å². The zero-order valence-corrected chi connectivity index (χ0v) is 12.5. The Morgan fingerprint density at radius 1 is 1.26 bits per heavy atom. The van der Waals surface area contributed by atoms with E-state index >= 15 is 0 Å². The zero-order valence-electron chi connectivity index (χ0n) is 10.8. The molecule has 0 amide bonds. The quantitative estimate of drug-likeness (QED) is 0.868. The fraction of sp³-hybridized carbons (Fsp3) is 0.538. The molecule has 4 nitrogen and oxygen atoms in total. The molecule has 1 heterocycles. The molecule has 0 saturated carbocycles. The number of nitrogens with two attached hydrogens (primary N) is 1. The average Bonchev–Trinajstić information content (AvgIpc) is 2.46. The van der Waals surface area contributed by atoms with Crippen molar-refractivity contribution in [3.05, 3.63) is 29.8 Å². The van der Waals surface area contributed by atoms with E-state index in [0.717, 1.165) is 17.7 Å². The van der Waals surface area contributed by atoms with Gasteiger partial charge in [-0.2, -0.15) is 11.8 Å². The maximum absolute atomic E-state index is 12.1. The molecule has 1 fully saturated rings. The van der Waals surface area contributed by atoms with Crippen LogP contribution in [0.25, 0.3) is 0 Å². The Morgan fingerprint density at radius 2 is 2.00 bits per heavy atom. The van der Waals surface area contributed by atoms with Gasteiger partial charge in [0.2, 0.25) is 10.0 Å². The third-order valence-corrected chi connectivity index (χ3v) is 6.08. The maximum Gasteiger partial charge on any atom is 0.240 e. The lowest BCUT2D eigenvalue weighted by atomic mass is 10.2. The van der Waals surface area contributed by atoms with Crippen LogP contribution in [0.5, 0.6) is 0 Å². The Balaban J connectivity index is 1.96. The minimum atomic E-state index is -3.39. The smallest absolute Gasteiger partial charge is 0.240 e. The summed E-state index contributed by atoms with van der Waals surface area (Å²) < 4.78 is 26.9. The van der Waals surface area contributed by atoms with Crippen LogP contribution in [0.1, 0.15) is 24.8 Å². The summed E-state index contributed by atoms with van der Waals surface area (Å²) >= 11 is 1.86. The molecule has 0 bridgehead atoms. The van der Waals surface area contributed by atoms with Crippen molar-refractivity contribution in [2.45, 2.75) is 36.0 Å². The lowest BCUT2D eigenvalue weighted by Gasteiger charge is -2.21. The third kappa shape index (κ3) is 4.21. The van der Waals surface area contributed by atoms with Crippen LogP contribution >= 0.6 is 11.8 Å². The van der Waals surface area contributed by atoms with Gasteiger partial charge in [0, 0.05) is 18.3 Å². The molecule has 3 N–H and O–H groups in total. The highest BCUT2D eigenvalue weighted by Gasteiger charge is 2.18. The zero-order chi connectivity index (χ0) is 13.7. The number of nitrogens with one attached hydrogen (secondary N) is 1. The van der Waals surface area contributed by atoms with E-state index < -0.39 is 10.0 Å². The van der Waals surface area contributed by atoms with Gasteiger partial charge in [-0.05, 0) is 36.3 Å². The second-order valence-electron chi connectivity index (χ2n) is 4.69. The third-order valence-electron chi connectivity index (χ3n) is 3.24. The molecular weight excluding hydrogens is 280 g/mol. The Hall–Kier alpha value is -0.560. The van der Waals surface area contributed by atoms with Gasteiger partial charge in [-0.15, -0.1) is 0 Å². The van der Waals surface area contributed by atoms with Gasteiger partial charge in [-0.3, -0.25) is 0 Å². The molecule has 1 saturated heterocycles. The first-order valence-electron chi connectivity index (χ1n) is 6.52. The van der Waals surface area contributed by atoms with Crippen molar-refractivity contribution >= 4 is 21.8 Å². The lowest BCUT2D eigenvalue weighted by molar-refractivity contribution is 0.574. The molecule has 0 aromatic heterocycles. The highest BCUT2D eigenvalue weighted by atomic mass is 32.2. The molecule has 0 radical (unpaired) electrons. The van der Waals surface area contributed by atoms with Gasteiger partial charge in [0.15, 0.2) is 0 Å². The first kappa shape index (κ1) is 14.8. The van der Waals surface area contributed by atoms with Crippen LogP contribution in [0.3, 0.4) is 0 Å². The Kier molecular flexibility index (Phi) is 5.27. The molecule has 1 aliphatic heterocycles. The molecule has 2 rings (SSSR count). The summed E-state index contributed by atoms with van der Waals surface area (Å²) in [6.07, 6.45) is 3.54. The van der Waals surface area contributed by atoms with E-state index in [0.29, 0.717) is 23.2 Å². The van der Waals surface area contributed by atoms with Gasteiger partial charge in [-0.1, -0.05) is 18.6 Å². The summed E-state index contributed by atoms with van der Waals surface area (Å²) in [6.45, 7) is 0.943. The highest BCUT2D eigenvalue weighted by Crippen LogP contribution is 2.24. The highest BCUT2D eigenvalue weighted by molar-refractivity contribution is 8.00. The van der Waals surface area contributed by atoms with E-state index in [1.165, 1.54) is 12.8 Å². The molecule has 1 aromatic carbocycles. The number of benzene rings is 1. The molecule has 1 aromatic rings. The molecule has 19 heavy (non-hydrogen) atoms. The predicted molar refractivity (Wildman–Crippen MR) is 79.6 cm³/mol. The van der Waals surface area contributed by atoms with Crippen LogP contribution in [-0.4, -0.2) is 26.0 Å². The van der Waals surface area contributed by atoms with Gasteiger partial charge in [0.05, 0.1) is 4.90 Å². The van der Waals surface area contributed by atoms with Gasteiger partial charge in [-0.25, -0.2) is 13.1 Å². The van der Waals surface area contributed by atoms with Crippen molar-refractivity contribution in [3.8, 4) is 0 Å². The van der Waals surface area contributed by atoms with E-state index in [-0.39, 0.29) is 0 Å². The Labute approximate surface area is 119 Å². The van der Waals surface area contributed by atoms with Crippen molar-refractivity contribution in [1.82, 2.24) is 4.72 Å². The van der Waals surface area contributed by atoms with E-state index in [1.807, 2.05) is 11.8 Å². The molecule has 1 unspecified atom stereocenters. The largest absolute Gasteiger partial charge is 0.326 e. The fourth-order valence-electron chi connectivity index (χ4n) is 2.06. The van der Waals surface area contributed by atoms with Gasteiger partial charge in [0.1, 0.15) is 0 Å². The average molecular weight is 300 g/mol. The topological polar surface area (TPSA) is 72.2 Å². The molecule has 106 valence electrons. The van der Waals surface area contributed by atoms with Crippen LogP contribution in [-0.2, 0) is 16.6 Å². The first-order chi connectivity index (χ1) is 9.12. The van der Waals surface area contributed by atoms with Crippen molar-refractivity contribution in [3.63, 3.8) is 0 Å². The first-order valence-corrected chi connectivity index (χ1v) is 9.05. The molecule has 1 aliphatic rings. The standard InChI is InChI=1S/C13H20N2O2S2/c14-9-11-4-6-13(7-5-11)19(16,17)15-10-12-3-1-2-8-18-12/h4-7,12,15H,1-3,8-10,14H2. The molecular formula is C13H20N2O2S2. The normalized spacial score (nSPS) is 20.4. The van der Waals surface area contributed by atoms with Crippen molar-refractivity contribution in [2.24, 2.45) is 5.73 Å². The molecule has 6 heteroatoms. The Morgan fingerprint density at radius 3 is 2.58 bits per heavy atom. The number of hydrogen-bond donors (Lipinski definition) is 2. The predicted octanol–water partition coefficient (Wildman–Crippen LogP) is 1.71. The van der Waals surface area contributed by atoms with Gasteiger partial charge in [0.25, 0.3) is 0 Å². The van der Waals surface area contributed by atoms with Crippen molar-refractivity contribution < 1.29 is 8.42 Å². The number of hydrogen-bond acceptors (Lipinski definition) is 4. The van der Waals surface area contributed by atoms with E-state index in [9.17, 15) is 8.42 Å². The van der Waals surface area contributed by atoms with Gasteiger partial charge < -0.3 is 5.73 Å². The van der Waals surface area contributed by atoms with Crippen LogP contribution in [0.4, 0.5) is 0 Å². The number of sulfonamides is 1. The number of thioether (sulfide) groups is 1. The fourth-order valence-corrected chi connectivity index (χ4v) is 4.48. The molecule has 0 spiro atoms. The SMILES string of the molecule is NCc1ccc(S(=O)(=O)NCC2CCCCS2)cc1. The number of rotatable bonds is 5. The summed E-state index contributed by atoms with van der Waals surface area (Å²) in [5.74, 6) is 1.14. The van der Waals surface area contributed by atoms with Crippen LogP contribution in [0.15, 0.2) is 29.2 Å². The summed E-state index contributed by atoms with van der Waals surface area (Å²) in [5, 5.41) is 0.409. The summed E-state index contributed by atoms with van der Waals surface area (Å²) in [5.41, 5.74) is 6.43. The monoisotopic (exact) mass is 300 g/mol. The summed E-state index contributed by atoms with van der Waals surface area (Å²) in [4.78, 5) is 0.311. The van der Waals surface area contributed by atoms with Crippen LogP contribution in [0.2, 0.25) is 0 Å². The van der Waals surface area contributed by atoms with Gasteiger partial charge >= 0.3 is 0 Å². The summed E-state index contributed by atoms with van der Waals surface area (Å²) in [7, 11) is -3.39. The van der Waals surface area contributed by atoms with Crippen molar-refractivity contribution in [2.75, 3.05) is 12.3 Å². The second-order valence-corrected chi connectivity index (χ2v) is 7.86. The maximum atomic E-state index is 12.1. The molecule has 0 aliphatic carbocycles. The lowest BCUT2D eigenvalue weighted by Crippen LogP contribution is -2.32. The second kappa shape index (κ2) is 6.74. The van der Waals surface area contributed by atoms with Crippen LogP contribution in [0, 0.1) is 0 Å². The summed E-state index contributed by atoms with van der Waals surface area (Å²) in [6, 6.07) is 6.73. The minimum absolute atomic E-state index is 0.311. The minimum Gasteiger partial charge on any atom is -0.326 e. The molecule has 1 atom stereocenters. The Bertz CT molecular complexity index is 494. The van der Waals surface area contributed by atoms with E-state index in [1.54, 1.807) is 24.3 Å². The van der Waals surface area contributed by atoms with Crippen LogP contribution < -0.4 is 10.5 Å². The van der Waals surface area contributed by atoms with Crippen molar-refractivity contribution in [1.29, 1.82) is 0 Å². The van der Waals surface area contributed by atoms with E-state index in [2.05, 4.69) is 4.72 Å².